The molecule has 2 aromatic carbocycles. The minimum absolute atomic E-state index is 0.00571. The molecule has 0 unspecified atom stereocenters. The number of nitrogens with one attached hydrogen (secondary N) is 1. The molecule has 152 valence electrons. The molecule has 0 spiro atoms. The van der Waals surface area contributed by atoms with Gasteiger partial charge in [0.05, 0.1) is 13.2 Å². The molecule has 0 saturated carbocycles. The first-order valence-electron chi connectivity index (χ1n) is 9.51. The van der Waals surface area contributed by atoms with E-state index in [1.54, 1.807) is 7.11 Å². The van der Waals surface area contributed by atoms with Gasteiger partial charge < -0.3 is 19.7 Å². The van der Waals surface area contributed by atoms with E-state index in [0.29, 0.717) is 12.3 Å². The first-order chi connectivity index (χ1) is 13.2. The highest BCUT2D eigenvalue weighted by atomic mass is 16.5. The Morgan fingerprint density at radius 1 is 1.07 bits per heavy atom. The average molecular weight is 385 g/mol. The fourth-order valence-corrected chi connectivity index (χ4v) is 2.97. The molecule has 28 heavy (non-hydrogen) atoms. The van der Waals surface area contributed by atoms with Crippen LogP contribution in [-0.4, -0.2) is 45.2 Å². The molecule has 0 aromatic heterocycles. The van der Waals surface area contributed by atoms with Crippen molar-refractivity contribution in [2.24, 2.45) is 0 Å². The molecule has 5 heteroatoms. The Bertz CT molecular complexity index is 764. The van der Waals surface area contributed by atoms with Gasteiger partial charge in [-0.2, -0.15) is 0 Å². The predicted octanol–water partition coefficient (Wildman–Crippen LogP) is 3.79. The maximum atomic E-state index is 12.3. The molecule has 2 rings (SSSR count). The van der Waals surface area contributed by atoms with E-state index in [2.05, 4.69) is 31.0 Å². The number of methoxy groups -OCH3 is 1. The van der Waals surface area contributed by atoms with Gasteiger partial charge in [-0.3, -0.25) is 4.79 Å². The zero-order chi connectivity index (χ0) is 20.7. The summed E-state index contributed by atoms with van der Waals surface area (Å²) in [5.41, 5.74) is 2.36. The maximum Gasteiger partial charge on any atom is 0.258 e. The molecule has 0 radical (unpaired) electrons. The third-order valence-electron chi connectivity index (χ3n) is 4.70. The van der Waals surface area contributed by atoms with Crippen molar-refractivity contribution >= 4 is 5.91 Å². The van der Waals surface area contributed by atoms with Crippen LogP contribution in [0.25, 0.3) is 0 Å². The van der Waals surface area contributed by atoms with Gasteiger partial charge in [0, 0.05) is 12.1 Å². The standard InChI is InChI=1S/C23H32N2O3/c1-23(2,3)17-11-13-18(14-12-17)28-16-22(26)24-15-20(25(4)5)19-9-7-8-10-21(19)27-6/h7-14,20H,15-16H2,1-6H3,(H,24,26)/t20-/m0/s1. The van der Waals surface area contributed by atoms with Gasteiger partial charge in [-0.05, 0) is 43.3 Å². The van der Waals surface area contributed by atoms with Crippen LogP contribution in [0.15, 0.2) is 48.5 Å². The van der Waals surface area contributed by atoms with Crippen LogP contribution in [0.2, 0.25) is 0 Å². The molecule has 5 nitrogen and oxygen atoms in total. The van der Waals surface area contributed by atoms with Crippen LogP contribution in [0.5, 0.6) is 11.5 Å². The van der Waals surface area contributed by atoms with Gasteiger partial charge in [0.2, 0.25) is 0 Å². The third-order valence-corrected chi connectivity index (χ3v) is 4.70. The monoisotopic (exact) mass is 384 g/mol. The highest BCUT2D eigenvalue weighted by Gasteiger charge is 2.19. The number of rotatable bonds is 8. The first-order valence-corrected chi connectivity index (χ1v) is 9.51. The lowest BCUT2D eigenvalue weighted by molar-refractivity contribution is -0.123. The summed E-state index contributed by atoms with van der Waals surface area (Å²) in [5, 5.41) is 2.96. The van der Waals surface area contributed by atoms with Gasteiger partial charge in [0.1, 0.15) is 11.5 Å². The Balaban J connectivity index is 1.91. The SMILES string of the molecule is COc1ccccc1[C@H](CNC(=O)COc1ccc(C(C)(C)C)cc1)N(C)C. The summed E-state index contributed by atoms with van der Waals surface area (Å²) in [5.74, 6) is 1.35. The Labute approximate surface area is 168 Å². The highest BCUT2D eigenvalue weighted by Crippen LogP contribution is 2.27. The molecular weight excluding hydrogens is 352 g/mol. The molecule has 2 aromatic rings. The molecular formula is C23H32N2O3. The summed E-state index contributed by atoms with van der Waals surface area (Å²) in [6.07, 6.45) is 0. The molecule has 0 aliphatic rings. The van der Waals surface area contributed by atoms with Gasteiger partial charge in [-0.25, -0.2) is 0 Å². The molecule has 0 saturated heterocycles. The van der Waals surface area contributed by atoms with Crippen LogP contribution in [0.4, 0.5) is 0 Å². The van der Waals surface area contributed by atoms with Crippen molar-refractivity contribution in [3.8, 4) is 11.5 Å². The summed E-state index contributed by atoms with van der Waals surface area (Å²) in [6, 6.07) is 15.8. The van der Waals surface area contributed by atoms with Gasteiger partial charge in [0.15, 0.2) is 6.61 Å². The minimum atomic E-state index is -0.151. The number of ether oxygens (including phenoxy) is 2. The van der Waals surface area contributed by atoms with Crippen LogP contribution >= 0.6 is 0 Å². The molecule has 1 amide bonds. The van der Waals surface area contributed by atoms with Crippen LogP contribution < -0.4 is 14.8 Å². The van der Waals surface area contributed by atoms with Crippen molar-refractivity contribution in [2.75, 3.05) is 34.4 Å². The first kappa shape index (κ1) is 21.8. The predicted molar refractivity (Wildman–Crippen MR) is 113 cm³/mol. The van der Waals surface area contributed by atoms with E-state index >= 15 is 0 Å². The molecule has 1 N–H and O–H groups in total. The van der Waals surface area contributed by atoms with Crippen molar-refractivity contribution in [3.05, 3.63) is 59.7 Å². The number of carbonyl (C=O) groups is 1. The van der Waals surface area contributed by atoms with E-state index in [-0.39, 0.29) is 24.0 Å². The van der Waals surface area contributed by atoms with Crippen molar-refractivity contribution in [1.29, 1.82) is 0 Å². The number of hydrogen-bond acceptors (Lipinski definition) is 4. The normalized spacial score (nSPS) is 12.5. The molecule has 1 atom stereocenters. The number of nitrogens with zero attached hydrogens (tertiary/aromatic N) is 1. The van der Waals surface area contributed by atoms with Gasteiger partial charge >= 0.3 is 0 Å². The van der Waals surface area contributed by atoms with Crippen molar-refractivity contribution < 1.29 is 14.3 Å². The van der Waals surface area contributed by atoms with Crippen LogP contribution in [0.1, 0.15) is 37.9 Å². The highest BCUT2D eigenvalue weighted by molar-refractivity contribution is 5.77. The number of amides is 1. The van der Waals surface area contributed by atoms with E-state index < -0.39 is 0 Å². The molecule has 0 aliphatic heterocycles. The number of likely N-dealkylation sites (N-methyl/N-ethyl adjacent to an activating group) is 1. The van der Waals surface area contributed by atoms with Gasteiger partial charge in [0.25, 0.3) is 5.91 Å². The summed E-state index contributed by atoms with van der Waals surface area (Å²) < 4.78 is 11.1. The van der Waals surface area contributed by atoms with E-state index in [4.69, 9.17) is 9.47 Å². The summed E-state index contributed by atoms with van der Waals surface area (Å²) in [7, 11) is 5.62. The van der Waals surface area contributed by atoms with Crippen molar-refractivity contribution in [1.82, 2.24) is 10.2 Å². The Hall–Kier alpha value is -2.53. The number of benzene rings is 2. The largest absolute Gasteiger partial charge is 0.496 e. The van der Waals surface area contributed by atoms with E-state index in [1.165, 1.54) is 5.56 Å². The lowest BCUT2D eigenvalue weighted by Gasteiger charge is -2.26. The Kier molecular flexibility index (Phi) is 7.46. The second kappa shape index (κ2) is 9.60. The van der Waals surface area contributed by atoms with Crippen molar-refractivity contribution in [3.63, 3.8) is 0 Å². The maximum absolute atomic E-state index is 12.3. The van der Waals surface area contributed by atoms with Gasteiger partial charge in [-0.1, -0.05) is 51.1 Å². The summed E-state index contributed by atoms with van der Waals surface area (Å²) >= 11 is 0. The number of hydrogen-bond donors (Lipinski definition) is 1. The quantitative estimate of drug-likeness (QED) is 0.752. The summed E-state index contributed by atoms with van der Waals surface area (Å²) in [4.78, 5) is 14.3. The second-order valence-electron chi connectivity index (χ2n) is 8.09. The fraction of sp³-hybridized carbons (Fsp3) is 0.435. The molecule has 0 fully saturated rings. The zero-order valence-electron chi connectivity index (χ0n) is 17.8. The van der Waals surface area contributed by atoms with Crippen LogP contribution in [-0.2, 0) is 10.2 Å². The average Bonchev–Trinajstić information content (AvgIpc) is 2.66. The zero-order valence-corrected chi connectivity index (χ0v) is 17.8. The third kappa shape index (κ3) is 5.99. The fourth-order valence-electron chi connectivity index (χ4n) is 2.97. The van der Waals surface area contributed by atoms with Gasteiger partial charge in [-0.15, -0.1) is 0 Å². The van der Waals surface area contributed by atoms with E-state index in [1.807, 2.05) is 62.6 Å². The topological polar surface area (TPSA) is 50.8 Å². The van der Waals surface area contributed by atoms with Crippen LogP contribution in [0.3, 0.4) is 0 Å². The molecule has 0 heterocycles. The lowest BCUT2D eigenvalue weighted by Crippen LogP contribution is -2.37. The molecule has 0 bridgehead atoms. The second-order valence-corrected chi connectivity index (χ2v) is 8.09. The smallest absolute Gasteiger partial charge is 0.258 e. The van der Waals surface area contributed by atoms with E-state index in [0.717, 1.165) is 11.3 Å². The Morgan fingerprint density at radius 2 is 1.71 bits per heavy atom. The number of para-hydroxylation sites is 1. The molecule has 0 aliphatic carbocycles. The number of carbonyl (C=O) groups excluding carboxylic acids is 1. The lowest BCUT2D eigenvalue weighted by atomic mass is 9.87. The van der Waals surface area contributed by atoms with Crippen LogP contribution in [0, 0.1) is 0 Å². The van der Waals surface area contributed by atoms with E-state index in [9.17, 15) is 4.79 Å². The van der Waals surface area contributed by atoms with Crippen molar-refractivity contribution in [2.45, 2.75) is 32.2 Å². The summed E-state index contributed by atoms with van der Waals surface area (Å²) in [6.45, 7) is 6.96. The Morgan fingerprint density at radius 3 is 2.29 bits per heavy atom. The minimum Gasteiger partial charge on any atom is -0.496 e.